The van der Waals surface area contributed by atoms with E-state index in [9.17, 15) is 13.2 Å². The van der Waals surface area contributed by atoms with Crippen molar-refractivity contribution in [2.75, 3.05) is 0 Å². The van der Waals surface area contributed by atoms with Gasteiger partial charge < -0.3 is 5.73 Å². The molecule has 1 atom stereocenters. The average molecular weight is 203 g/mol. The van der Waals surface area contributed by atoms with E-state index in [4.69, 9.17) is 5.73 Å². The summed E-state index contributed by atoms with van der Waals surface area (Å²) in [5, 5.41) is 0. The fourth-order valence-corrected chi connectivity index (χ4v) is 1.14. The van der Waals surface area contributed by atoms with Gasteiger partial charge >= 0.3 is 0 Å². The van der Waals surface area contributed by atoms with Gasteiger partial charge in [0.25, 0.3) is 0 Å². The Morgan fingerprint density at radius 3 is 2.43 bits per heavy atom. The van der Waals surface area contributed by atoms with Crippen molar-refractivity contribution in [3.05, 3.63) is 35.1 Å². The molecule has 1 aromatic rings. The Morgan fingerprint density at radius 2 is 1.86 bits per heavy atom. The van der Waals surface area contributed by atoms with E-state index in [0.29, 0.717) is 12.8 Å². The van der Waals surface area contributed by atoms with Crippen LogP contribution in [-0.2, 0) is 6.42 Å². The van der Waals surface area contributed by atoms with Crippen LogP contribution in [0, 0.1) is 17.5 Å². The first-order chi connectivity index (χ1) is 6.52. The maximum Gasteiger partial charge on any atom is 0.194 e. The number of aryl methyl sites for hydroxylation is 1. The Balaban J connectivity index is 2.83. The van der Waals surface area contributed by atoms with Gasteiger partial charge in [-0.3, -0.25) is 0 Å². The van der Waals surface area contributed by atoms with Crippen LogP contribution in [0.1, 0.15) is 18.9 Å². The van der Waals surface area contributed by atoms with Gasteiger partial charge in [0.15, 0.2) is 17.5 Å². The molecule has 0 aliphatic rings. The molecule has 0 saturated carbocycles. The monoisotopic (exact) mass is 203 g/mol. The van der Waals surface area contributed by atoms with Crippen LogP contribution < -0.4 is 5.73 Å². The minimum atomic E-state index is -1.41. The molecular formula is C10H12F3N. The van der Waals surface area contributed by atoms with Crippen molar-refractivity contribution in [1.82, 2.24) is 0 Å². The van der Waals surface area contributed by atoms with Crippen molar-refractivity contribution in [3.63, 3.8) is 0 Å². The molecule has 0 aliphatic heterocycles. The first kappa shape index (κ1) is 11.0. The molecule has 1 rings (SSSR count). The van der Waals surface area contributed by atoms with Gasteiger partial charge in [-0.2, -0.15) is 0 Å². The smallest absolute Gasteiger partial charge is 0.194 e. The fourth-order valence-electron chi connectivity index (χ4n) is 1.14. The minimum absolute atomic E-state index is 0.0810. The number of hydrogen-bond acceptors (Lipinski definition) is 1. The van der Waals surface area contributed by atoms with Crippen molar-refractivity contribution < 1.29 is 13.2 Å². The number of halogens is 3. The second kappa shape index (κ2) is 4.46. The zero-order valence-electron chi connectivity index (χ0n) is 7.86. The van der Waals surface area contributed by atoms with Crippen molar-refractivity contribution >= 4 is 0 Å². The summed E-state index contributed by atoms with van der Waals surface area (Å²) in [5.74, 6) is -3.68. The van der Waals surface area contributed by atoms with Gasteiger partial charge in [-0.05, 0) is 31.4 Å². The van der Waals surface area contributed by atoms with E-state index in [0.717, 1.165) is 6.07 Å². The van der Waals surface area contributed by atoms with Gasteiger partial charge in [-0.15, -0.1) is 0 Å². The zero-order chi connectivity index (χ0) is 10.7. The summed E-state index contributed by atoms with van der Waals surface area (Å²) < 4.78 is 38.3. The lowest BCUT2D eigenvalue weighted by molar-refractivity contribution is 0.439. The molecular weight excluding hydrogens is 191 g/mol. The molecule has 4 heteroatoms. The molecule has 0 aliphatic carbocycles. The maximum atomic E-state index is 13.1. The van der Waals surface area contributed by atoms with Crippen molar-refractivity contribution in [2.45, 2.75) is 25.8 Å². The van der Waals surface area contributed by atoms with Crippen LogP contribution in [0.15, 0.2) is 12.1 Å². The Kier molecular flexibility index (Phi) is 3.52. The first-order valence-electron chi connectivity index (χ1n) is 4.40. The number of nitrogens with two attached hydrogens (primary N) is 1. The van der Waals surface area contributed by atoms with Gasteiger partial charge in [0, 0.05) is 6.04 Å². The highest BCUT2D eigenvalue weighted by Crippen LogP contribution is 2.16. The minimum Gasteiger partial charge on any atom is -0.328 e. The van der Waals surface area contributed by atoms with Crippen molar-refractivity contribution in [3.8, 4) is 0 Å². The summed E-state index contributed by atoms with van der Waals surface area (Å²) in [5.41, 5.74) is 5.64. The lowest BCUT2D eigenvalue weighted by Crippen LogP contribution is -2.15. The molecule has 0 saturated heterocycles. The van der Waals surface area contributed by atoms with Crippen LogP contribution in [0.2, 0.25) is 0 Å². The molecule has 0 amide bonds. The van der Waals surface area contributed by atoms with Crippen LogP contribution in [0.5, 0.6) is 0 Å². The van der Waals surface area contributed by atoms with Gasteiger partial charge in [0.2, 0.25) is 0 Å². The van der Waals surface area contributed by atoms with E-state index >= 15 is 0 Å². The zero-order valence-corrected chi connectivity index (χ0v) is 7.86. The van der Waals surface area contributed by atoms with Gasteiger partial charge in [-0.1, -0.05) is 6.07 Å². The standard InChI is InChI=1S/C10H12F3N/c1-6(14)2-3-7-4-5-8(11)10(13)9(7)12/h4-6H,2-3,14H2,1H3/t6-/m1/s1. The third-order valence-corrected chi connectivity index (χ3v) is 1.98. The summed E-state index contributed by atoms with van der Waals surface area (Å²) in [4.78, 5) is 0. The number of rotatable bonds is 3. The molecule has 78 valence electrons. The quantitative estimate of drug-likeness (QED) is 0.750. The van der Waals surface area contributed by atoms with E-state index in [1.807, 2.05) is 0 Å². The Hall–Kier alpha value is -1.03. The average Bonchev–Trinajstić information content (AvgIpc) is 2.13. The van der Waals surface area contributed by atoms with E-state index in [1.54, 1.807) is 6.92 Å². The lowest BCUT2D eigenvalue weighted by atomic mass is 10.1. The first-order valence-corrected chi connectivity index (χ1v) is 4.40. The topological polar surface area (TPSA) is 26.0 Å². The predicted molar refractivity (Wildman–Crippen MR) is 48.3 cm³/mol. The van der Waals surface area contributed by atoms with E-state index in [-0.39, 0.29) is 11.6 Å². The molecule has 0 heterocycles. The molecule has 2 N–H and O–H groups in total. The van der Waals surface area contributed by atoms with Gasteiger partial charge in [-0.25, -0.2) is 13.2 Å². The van der Waals surface area contributed by atoms with Crippen LogP contribution in [-0.4, -0.2) is 6.04 Å². The summed E-state index contributed by atoms with van der Waals surface area (Å²) in [7, 11) is 0. The van der Waals surface area contributed by atoms with Crippen LogP contribution in [0.25, 0.3) is 0 Å². The van der Waals surface area contributed by atoms with Crippen LogP contribution in [0.3, 0.4) is 0 Å². The van der Waals surface area contributed by atoms with Gasteiger partial charge in [0.1, 0.15) is 0 Å². The molecule has 0 fully saturated rings. The van der Waals surface area contributed by atoms with Crippen molar-refractivity contribution in [2.24, 2.45) is 5.73 Å². The highest BCUT2D eigenvalue weighted by Gasteiger charge is 2.12. The second-order valence-electron chi connectivity index (χ2n) is 3.35. The molecule has 0 radical (unpaired) electrons. The predicted octanol–water partition coefficient (Wildman–Crippen LogP) is 2.38. The number of benzene rings is 1. The Morgan fingerprint density at radius 1 is 1.21 bits per heavy atom. The largest absolute Gasteiger partial charge is 0.328 e. The van der Waals surface area contributed by atoms with Gasteiger partial charge in [0.05, 0.1) is 0 Å². The maximum absolute atomic E-state index is 13.1. The molecule has 0 bridgehead atoms. The van der Waals surface area contributed by atoms with Crippen molar-refractivity contribution in [1.29, 1.82) is 0 Å². The van der Waals surface area contributed by atoms with E-state index in [2.05, 4.69) is 0 Å². The molecule has 0 aromatic heterocycles. The lowest BCUT2D eigenvalue weighted by Gasteiger charge is -2.06. The fraction of sp³-hybridized carbons (Fsp3) is 0.400. The Bertz CT molecular complexity index is 323. The molecule has 1 nitrogen and oxygen atoms in total. The summed E-state index contributed by atoms with van der Waals surface area (Å²) in [6, 6.07) is 2.09. The van der Waals surface area contributed by atoms with E-state index in [1.165, 1.54) is 6.07 Å². The molecule has 1 aromatic carbocycles. The molecule has 0 spiro atoms. The highest BCUT2D eigenvalue weighted by molar-refractivity contribution is 5.20. The molecule has 14 heavy (non-hydrogen) atoms. The van der Waals surface area contributed by atoms with Crippen LogP contribution >= 0.6 is 0 Å². The number of hydrogen-bond donors (Lipinski definition) is 1. The third-order valence-electron chi connectivity index (χ3n) is 1.98. The SMILES string of the molecule is C[C@@H](N)CCc1ccc(F)c(F)c1F. The van der Waals surface area contributed by atoms with Crippen LogP contribution in [0.4, 0.5) is 13.2 Å². The normalized spacial score (nSPS) is 12.9. The molecule has 0 unspecified atom stereocenters. The summed E-state index contributed by atoms with van der Waals surface area (Å²) >= 11 is 0. The highest BCUT2D eigenvalue weighted by atomic mass is 19.2. The summed E-state index contributed by atoms with van der Waals surface area (Å²) in [6.07, 6.45) is 0.864. The van der Waals surface area contributed by atoms with E-state index < -0.39 is 17.5 Å². The summed E-state index contributed by atoms with van der Waals surface area (Å²) in [6.45, 7) is 1.78. The Labute approximate surface area is 80.7 Å². The third kappa shape index (κ3) is 2.48. The second-order valence-corrected chi connectivity index (χ2v) is 3.35.